The molecule has 7 rings (SSSR count). The lowest BCUT2D eigenvalue weighted by Gasteiger charge is -2.39. The molecule has 0 bridgehead atoms. The number of rotatable bonds is 23. The van der Waals surface area contributed by atoms with Gasteiger partial charge in [-0.2, -0.15) is 0 Å². The zero-order chi connectivity index (χ0) is 53.5. The van der Waals surface area contributed by atoms with Crippen LogP contribution >= 0.6 is 0 Å². The molecule has 3 heterocycles. The maximum absolute atomic E-state index is 13.1. The number of fused-ring (bicyclic) bond motifs is 3. The summed E-state index contributed by atoms with van der Waals surface area (Å²) in [5.41, 5.74) is 6.22. The van der Waals surface area contributed by atoms with Crippen LogP contribution < -0.4 is 26.6 Å². The Morgan fingerprint density at radius 2 is 1.55 bits per heavy atom. The highest BCUT2D eigenvalue weighted by molar-refractivity contribution is 5.94. The van der Waals surface area contributed by atoms with Crippen LogP contribution in [0.2, 0.25) is 0 Å². The summed E-state index contributed by atoms with van der Waals surface area (Å²) in [4.78, 5) is 74.3. The second-order valence-electron chi connectivity index (χ2n) is 20.2. The first-order valence-electron chi connectivity index (χ1n) is 26.2. The number of unbranched alkanes of at least 4 members (excludes halogenated alkanes) is 2. The molecule has 17 nitrogen and oxygen atoms in total. The number of hydrogen-bond acceptors (Lipinski definition) is 12. The number of amides is 5. The lowest BCUT2D eigenvalue weighted by atomic mass is 9.87. The average molecular weight is 1030 g/mol. The summed E-state index contributed by atoms with van der Waals surface area (Å²) in [6.45, 7) is 10.2. The zero-order valence-corrected chi connectivity index (χ0v) is 43.6. The number of aliphatic hydroxyl groups excluding tert-OH is 1. The van der Waals surface area contributed by atoms with Crippen molar-refractivity contribution >= 4 is 41.4 Å². The van der Waals surface area contributed by atoms with E-state index in [1.807, 2.05) is 50.3 Å². The Hall–Kier alpha value is -6.66. The van der Waals surface area contributed by atoms with Crippen molar-refractivity contribution in [3.63, 3.8) is 0 Å². The smallest absolute Gasteiger partial charge is 0.407 e. The van der Waals surface area contributed by atoms with E-state index in [4.69, 9.17) is 23.7 Å². The van der Waals surface area contributed by atoms with Gasteiger partial charge in [0.2, 0.25) is 23.6 Å². The van der Waals surface area contributed by atoms with Crippen molar-refractivity contribution < 1.29 is 57.6 Å². The van der Waals surface area contributed by atoms with Crippen molar-refractivity contribution in [2.45, 2.75) is 147 Å². The summed E-state index contributed by atoms with van der Waals surface area (Å²) in [5, 5.41) is 25.3. The lowest BCUT2D eigenvalue weighted by molar-refractivity contribution is -0.145. The fourth-order valence-electron chi connectivity index (χ4n) is 9.97. The summed E-state index contributed by atoms with van der Waals surface area (Å²) in [7, 11) is 0. The van der Waals surface area contributed by atoms with Gasteiger partial charge in [0.15, 0.2) is 0 Å². The van der Waals surface area contributed by atoms with Gasteiger partial charge in [-0.1, -0.05) is 97.8 Å². The first-order chi connectivity index (χ1) is 36.0. The molecule has 1 unspecified atom stereocenters. The minimum Gasteiger partial charge on any atom is -0.459 e. The minimum atomic E-state index is -0.887. The SMILES string of the molecule is CC(=O)OC(C)C=CC(=O)N[C@@H]1C[C@H](C)[C@H](CC=C(C)C=C[C@H]2O[C@H](CC(=O)NCc3ccc(NC(=O)CNC(=O)CCCCCNC(=O)OCC4c5ccccc5-c5ccccc54)cc3)C[C@@]3(CO3)[C@@H]2O)O[C@@H]1C. The van der Waals surface area contributed by atoms with Crippen molar-refractivity contribution in [2.75, 3.05) is 31.6 Å². The van der Waals surface area contributed by atoms with Gasteiger partial charge >= 0.3 is 12.1 Å². The molecular weight excluding hydrogens is 959 g/mol. The number of benzene rings is 3. The molecule has 0 aromatic heterocycles. The molecular formula is C58H73N5O12. The number of hydrogen-bond donors (Lipinski definition) is 6. The molecule has 3 aromatic rings. The van der Waals surface area contributed by atoms with Crippen LogP contribution in [-0.4, -0.2) is 115 Å². The second-order valence-corrected chi connectivity index (χ2v) is 20.2. The van der Waals surface area contributed by atoms with Crippen LogP contribution in [0.15, 0.2) is 109 Å². The average Bonchev–Trinajstić information content (AvgIpc) is 4.10. The van der Waals surface area contributed by atoms with Crippen molar-refractivity contribution in [3.05, 3.63) is 125 Å². The molecule has 0 saturated carbocycles. The maximum Gasteiger partial charge on any atom is 0.407 e. The van der Waals surface area contributed by atoms with Crippen LogP contribution in [-0.2, 0) is 54.2 Å². The van der Waals surface area contributed by atoms with Gasteiger partial charge in [0.25, 0.3) is 0 Å². The van der Waals surface area contributed by atoms with E-state index in [1.54, 1.807) is 37.3 Å². The molecule has 1 aliphatic carbocycles. The number of epoxide rings is 1. The summed E-state index contributed by atoms with van der Waals surface area (Å²) in [6.07, 6.45) is 9.57. The van der Waals surface area contributed by atoms with E-state index in [0.717, 1.165) is 35.1 Å². The number of aliphatic hydroxyl groups is 1. The van der Waals surface area contributed by atoms with E-state index in [-0.39, 0.29) is 86.3 Å². The normalized spacial score (nSPS) is 24.5. The first-order valence-corrected chi connectivity index (χ1v) is 26.2. The molecule has 3 aliphatic heterocycles. The highest BCUT2D eigenvalue weighted by atomic mass is 16.6. The molecule has 3 aromatic carbocycles. The number of esters is 1. The number of allylic oxidation sites excluding steroid dienone is 2. The quantitative estimate of drug-likeness (QED) is 0.0189. The predicted molar refractivity (Wildman–Crippen MR) is 282 cm³/mol. The van der Waals surface area contributed by atoms with E-state index < -0.39 is 42.1 Å². The molecule has 5 amide bonds. The van der Waals surface area contributed by atoms with E-state index in [9.17, 15) is 33.9 Å². The number of ether oxygens (including phenoxy) is 5. The first kappa shape index (κ1) is 56.1. The Balaban J connectivity index is 0.741. The Morgan fingerprint density at radius 1 is 0.840 bits per heavy atom. The molecule has 17 heteroatoms. The van der Waals surface area contributed by atoms with E-state index >= 15 is 0 Å². The highest BCUT2D eigenvalue weighted by Crippen LogP contribution is 2.45. The minimum absolute atomic E-state index is 0.00659. The number of alkyl carbamates (subject to hydrolysis) is 1. The third kappa shape index (κ3) is 16.4. The van der Waals surface area contributed by atoms with E-state index in [0.29, 0.717) is 44.5 Å². The molecule has 402 valence electrons. The van der Waals surface area contributed by atoms with E-state index in [2.05, 4.69) is 63.8 Å². The lowest BCUT2D eigenvalue weighted by Crippen LogP contribution is -2.50. The summed E-state index contributed by atoms with van der Waals surface area (Å²) >= 11 is 0. The van der Waals surface area contributed by atoms with Gasteiger partial charge in [0.1, 0.15) is 30.5 Å². The summed E-state index contributed by atoms with van der Waals surface area (Å²) in [6, 6.07) is 23.2. The Labute approximate surface area is 439 Å². The Morgan fingerprint density at radius 3 is 2.24 bits per heavy atom. The molecule has 75 heavy (non-hydrogen) atoms. The molecule has 3 fully saturated rings. The van der Waals surface area contributed by atoms with Gasteiger partial charge in [0.05, 0.1) is 43.9 Å². The number of carbonyl (C=O) groups is 6. The molecule has 3 saturated heterocycles. The second kappa shape index (κ2) is 26.7. The molecule has 1 spiro atoms. The van der Waals surface area contributed by atoms with Crippen molar-refractivity contribution in [3.8, 4) is 11.1 Å². The van der Waals surface area contributed by atoms with Gasteiger partial charge in [0, 0.05) is 50.5 Å². The van der Waals surface area contributed by atoms with Crippen molar-refractivity contribution in [1.82, 2.24) is 21.3 Å². The van der Waals surface area contributed by atoms with E-state index in [1.165, 1.54) is 24.1 Å². The molecule has 4 aliphatic rings. The maximum atomic E-state index is 13.1. The number of carbonyl (C=O) groups excluding carboxylic acids is 6. The molecule has 0 radical (unpaired) electrons. The van der Waals surface area contributed by atoms with Crippen LogP contribution in [0, 0.1) is 5.92 Å². The van der Waals surface area contributed by atoms with Gasteiger partial charge < -0.3 is 55.4 Å². The fraction of sp³-hybridized carbons (Fsp3) is 0.483. The van der Waals surface area contributed by atoms with Crippen LogP contribution in [0.25, 0.3) is 11.1 Å². The highest BCUT2D eigenvalue weighted by Gasteiger charge is 2.58. The monoisotopic (exact) mass is 1030 g/mol. The van der Waals surface area contributed by atoms with Crippen LogP contribution in [0.5, 0.6) is 0 Å². The van der Waals surface area contributed by atoms with Gasteiger partial charge in [-0.05, 0) is 98.4 Å². The standard InChI is InChI=1S/C58H73N5O12/c1-36(18-25-50-37(2)29-49(39(4)74-50)63-53(66)27-20-38(3)73-40(5)64)19-26-51-56(69)58(35-72-58)31-43(75-51)30-54(67)60-32-41-21-23-42(24-22-41)62-55(68)33-61-52(65)17-7-6-12-28-59-57(70)71-34-48-46-15-10-8-13-44(46)45-14-9-11-16-47(45)48/h8-11,13-16,18-24,26-27,37-39,43,48-51,56,69H,6-7,12,17,25,28-35H2,1-5H3,(H,59,70)(H,60,67)(H,61,65)(H,62,68)(H,63,66)/t37-,38?,39+,43+,49+,50-,51+,56+,58+/m0/s1. The Kier molecular flexibility index (Phi) is 20.0. The van der Waals surface area contributed by atoms with Gasteiger partial charge in [-0.25, -0.2) is 4.79 Å². The number of anilines is 1. The van der Waals surface area contributed by atoms with Crippen LogP contribution in [0.1, 0.15) is 109 Å². The topological polar surface area (TPSA) is 232 Å². The fourth-order valence-corrected chi connectivity index (χ4v) is 9.97. The van der Waals surface area contributed by atoms with Gasteiger partial charge in [-0.3, -0.25) is 24.0 Å². The third-order valence-corrected chi connectivity index (χ3v) is 14.2. The van der Waals surface area contributed by atoms with Crippen LogP contribution in [0.4, 0.5) is 10.5 Å². The third-order valence-electron chi connectivity index (χ3n) is 14.2. The Bertz CT molecular complexity index is 2530. The zero-order valence-electron chi connectivity index (χ0n) is 43.6. The molecule has 9 atom stereocenters. The number of nitrogens with one attached hydrogen (secondary N) is 5. The molecule has 6 N–H and O–H groups in total. The van der Waals surface area contributed by atoms with Crippen molar-refractivity contribution in [2.24, 2.45) is 5.92 Å². The van der Waals surface area contributed by atoms with Gasteiger partial charge in [-0.15, -0.1) is 0 Å². The predicted octanol–water partition coefficient (Wildman–Crippen LogP) is 6.83. The van der Waals surface area contributed by atoms with Crippen LogP contribution in [0.3, 0.4) is 0 Å². The van der Waals surface area contributed by atoms with Crippen molar-refractivity contribution in [1.29, 1.82) is 0 Å². The largest absolute Gasteiger partial charge is 0.459 e. The summed E-state index contributed by atoms with van der Waals surface area (Å²) in [5.74, 6) is -1.35. The summed E-state index contributed by atoms with van der Waals surface area (Å²) < 4.78 is 28.9.